The fourth-order valence-corrected chi connectivity index (χ4v) is 4.77. The van der Waals surface area contributed by atoms with E-state index in [1.807, 2.05) is 36.6 Å². The first-order valence-electron chi connectivity index (χ1n) is 10.5. The fourth-order valence-electron chi connectivity index (χ4n) is 3.92. The molecule has 2 aromatic heterocycles. The van der Waals surface area contributed by atoms with Crippen LogP contribution >= 0.6 is 11.3 Å². The topological polar surface area (TPSA) is 83.6 Å². The first kappa shape index (κ1) is 21.8. The van der Waals surface area contributed by atoms with Crippen molar-refractivity contribution in [3.63, 3.8) is 0 Å². The Bertz CT molecular complexity index is 1430. The van der Waals surface area contributed by atoms with Crippen molar-refractivity contribution >= 4 is 28.2 Å². The number of anilines is 1. The zero-order valence-corrected chi connectivity index (χ0v) is 19.1. The van der Waals surface area contributed by atoms with E-state index in [-0.39, 0.29) is 11.3 Å². The summed E-state index contributed by atoms with van der Waals surface area (Å²) < 4.78 is 19.1. The Kier molecular flexibility index (Phi) is 5.37. The molecule has 0 aliphatic carbocycles. The van der Waals surface area contributed by atoms with Crippen LogP contribution in [0.15, 0.2) is 81.8 Å². The summed E-state index contributed by atoms with van der Waals surface area (Å²) >= 11 is 1.21. The van der Waals surface area contributed by atoms with E-state index >= 15 is 0 Å². The summed E-state index contributed by atoms with van der Waals surface area (Å²) in [5.41, 5.74) is 2.95. The van der Waals surface area contributed by atoms with Gasteiger partial charge in [0, 0.05) is 10.9 Å². The van der Waals surface area contributed by atoms with Gasteiger partial charge in [0.25, 0.3) is 5.91 Å². The third-order valence-electron chi connectivity index (χ3n) is 5.65. The molecule has 2 aromatic carbocycles. The zero-order chi connectivity index (χ0) is 24.0. The summed E-state index contributed by atoms with van der Waals surface area (Å²) in [7, 11) is 0. The number of benzene rings is 2. The van der Waals surface area contributed by atoms with Gasteiger partial charge in [-0.25, -0.2) is 9.37 Å². The lowest BCUT2D eigenvalue weighted by Crippen LogP contribution is -2.31. The van der Waals surface area contributed by atoms with Crippen LogP contribution in [0.5, 0.6) is 0 Å². The molecular weight excluding hydrogens is 455 g/mol. The number of rotatable bonds is 5. The molecule has 1 aliphatic rings. The number of aromatic nitrogens is 1. The normalized spacial score (nSPS) is 15.9. The number of Topliss-reactive ketones (excluding diaryl/α,β-unsaturated/α-hetero) is 1. The first-order chi connectivity index (χ1) is 16.3. The number of hydrogen-bond acceptors (Lipinski definition) is 6. The number of ketones is 1. The monoisotopic (exact) mass is 474 g/mol. The smallest absolute Gasteiger partial charge is 0.296 e. The average Bonchev–Trinajstić information content (AvgIpc) is 3.54. The zero-order valence-electron chi connectivity index (χ0n) is 18.3. The molecule has 1 atom stereocenters. The van der Waals surface area contributed by atoms with Gasteiger partial charge < -0.3 is 9.52 Å². The lowest BCUT2D eigenvalue weighted by molar-refractivity contribution is -0.117. The van der Waals surface area contributed by atoms with Crippen molar-refractivity contribution in [1.82, 2.24) is 4.98 Å². The average molecular weight is 475 g/mol. The molecule has 0 spiro atoms. The Morgan fingerprint density at radius 2 is 1.76 bits per heavy atom. The van der Waals surface area contributed by atoms with E-state index in [1.165, 1.54) is 46.6 Å². The molecule has 0 fully saturated rings. The maximum Gasteiger partial charge on any atom is 0.296 e. The number of aryl methyl sites for hydroxylation is 2. The second-order valence-electron chi connectivity index (χ2n) is 8.01. The van der Waals surface area contributed by atoms with Crippen molar-refractivity contribution in [3.8, 4) is 11.3 Å². The van der Waals surface area contributed by atoms with Crippen LogP contribution in [-0.4, -0.2) is 21.8 Å². The molecule has 8 heteroatoms. The molecule has 34 heavy (non-hydrogen) atoms. The lowest BCUT2D eigenvalue weighted by Gasteiger charge is -2.24. The van der Waals surface area contributed by atoms with Crippen LogP contribution in [0.2, 0.25) is 0 Å². The van der Waals surface area contributed by atoms with Crippen molar-refractivity contribution in [2.75, 3.05) is 4.90 Å². The Labute approximate surface area is 198 Å². The van der Waals surface area contributed by atoms with E-state index in [0.29, 0.717) is 22.1 Å². The molecule has 0 bridgehead atoms. The number of amides is 1. The van der Waals surface area contributed by atoms with Crippen molar-refractivity contribution in [1.29, 1.82) is 0 Å². The molecule has 0 saturated carbocycles. The molecular formula is C26H19FN2O4S. The Hall–Kier alpha value is -4.04. The Morgan fingerprint density at radius 3 is 2.41 bits per heavy atom. The van der Waals surface area contributed by atoms with Crippen LogP contribution < -0.4 is 4.90 Å². The second kappa shape index (κ2) is 8.39. The summed E-state index contributed by atoms with van der Waals surface area (Å²) in [6.45, 7) is 3.68. The molecule has 170 valence electrons. The molecule has 1 aliphatic heterocycles. The molecule has 3 heterocycles. The van der Waals surface area contributed by atoms with E-state index in [2.05, 4.69) is 4.98 Å². The van der Waals surface area contributed by atoms with Gasteiger partial charge in [0.1, 0.15) is 11.6 Å². The summed E-state index contributed by atoms with van der Waals surface area (Å²) in [4.78, 5) is 32.4. The van der Waals surface area contributed by atoms with Crippen LogP contribution in [0.4, 0.5) is 9.52 Å². The highest BCUT2D eigenvalue weighted by Gasteiger charge is 2.46. The number of carbonyl (C=O) groups excluding carboxylic acids is 2. The van der Waals surface area contributed by atoms with Gasteiger partial charge >= 0.3 is 0 Å². The van der Waals surface area contributed by atoms with Gasteiger partial charge in [-0.15, -0.1) is 11.3 Å². The van der Waals surface area contributed by atoms with Gasteiger partial charge in [0.15, 0.2) is 16.7 Å². The highest BCUT2D eigenvalue weighted by Crippen LogP contribution is 2.43. The lowest BCUT2D eigenvalue weighted by atomic mass is 9.95. The maximum atomic E-state index is 13.7. The third-order valence-corrected chi connectivity index (χ3v) is 6.49. The van der Waals surface area contributed by atoms with E-state index < -0.39 is 29.3 Å². The van der Waals surface area contributed by atoms with Crippen LogP contribution in [-0.2, 0) is 4.79 Å². The predicted octanol–water partition coefficient (Wildman–Crippen LogP) is 5.94. The summed E-state index contributed by atoms with van der Waals surface area (Å²) in [6.07, 6.45) is 0. The van der Waals surface area contributed by atoms with Gasteiger partial charge in [-0.2, -0.15) is 0 Å². The maximum absolute atomic E-state index is 13.7. The molecule has 1 amide bonds. The number of aliphatic hydroxyl groups is 1. The minimum atomic E-state index is -0.997. The number of thiazole rings is 1. The standard InChI is InChI=1S/C26H19FN2O4S/c1-14-3-6-16(7-4-14)19-13-34-26(28-19)29-22(17-8-10-18(27)11-9-17)21(24(31)25(29)32)23(30)20-12-5-15(2)33-20/h3-13,22,31H,1-2H3. The number of furan rings is 1. The van der Waals surface area contributed by atoms with Gasteiger partial charge in [-0.1, -0.05) is 42.0 Å². The van der Waals surface area contributed by atoms with E-state index in [1.54, 1.807) is 13.0 Å². The van der Waals surface area contributed by atoms with Gasteiger partial charge in [0.05, 0.1) is 17.3 Å². The minimum absolute atomic E-state index is 0.000273. The van der Waals surface area contributed by atoms with E-state index in [4.69, 9.17) is 4.42 Å². The summed E-state index contributed by atoms with van der Waals surface area (Å²) in [5, 5.41) is 12.9. The summed E-state index contributed by atoms with van der Waals surface area (Å²) in [6, 6.07) is 15.4. The SMILES string of the molecule is Cc1ccc(-c2csc(N3C(=O)C(O)=C(C(=O)c4ccc(C)o4)C3c3ccc(F)cc3)n2)cc1. The molecule has 1 unspecified atom stereocenters. The van der Waals surface area contributed by atoms with E-state index in [9.17, 15) is 19.1 Å². The van der Waals surface area contributed by atoms with Gasteiger partial charge in [-0.3, -0.25) is 14.5 Å². The summed E-state index contributed by atoms with van der Waals surface area (Å²) in [5.74, 6) is -2.00. The van der Waals surface area contributed by atoms with Crippen molar-refractivity contribution < 1.29 is 23.5 Å². The van der Waals surface area contributed by atoms with Crippen LogP contribution in [0.1, 0.15) is 33.5 Å². The van der Waals surface area contributed by atoms with E-state index in [0.717, 1.165) is 11.1 Å². The van der Waals surface area contributed by atoms with Crippen LogP contribution in [0, 0.1) is 19.7 Å². The number of aliphatic hydroxyl groups excluding tert-OH is 1. The van der Waals surface area contributed by atoms with Crippen molar-refractivity contribution in [2.45, 2.75) is 19.9 Å². The first-order valence-corrected chi connectivity index (χ1v) is 11.4. The highest BCUT2D eigenvalue weighted by atomic mass is 32.1. The quantitative estimate of drug-likeness (QED) is 0.362. The number of halogens is 1. The molecule has 5 rings (SSSR count). The number of nitrogens with zero attached hydrogens (tertiary/aromatic N) is 2. The van der Waals surface area contributed by atoms with Crippen LogP contribution in [0.25, 0.3) is 11.3 Å². The fraction of sp³-hybridized carbons (Fsp3) is 0.115. The van der Waals surface area contributed by atoms with Crippen molar-refractivity contribution in [2.24, 2.45) is 0 Å². The number of hydrogen-bond donors (Lipinski definition) is 1. The molecule has 1 N–H and O–H groups in total. The molecule has 6 nitrogen and oxygen atoms in total. The molecule has 0 saturated heterocycles. The third kappa shape index (κ3) is 3.72. The second-order valence-corrected chi connectivity index (χ2v) is 8.85. The van der Waals surface area contributed by atoms with Crippen molar-refractivity contribution in [3.05, 3.63) is 106 Å². The number of carbonyl (C=O) groups is 2. The molecule has 4 aromatic rings. The highest BCUT2D eigenvalue weighted by molar-refractivity contribution is 7.14. The molecule has 0 radical (unpaired) electrons. The van der Waals surface area contributed by atoms with Gasteiger partial charge in [-0.05, 0) is 43.7 Å². The van der Waals surface area contributed by atoms with Gasteiger partial charge in [0.2, 0.25) is 5.78 Å². The Morgan fingerprint density at radius 1 is 1.06 bits per heavy atom. The Balaban J connectivity index is 1.61. The minimum Gasteiger partial charge on any atom is -0.503 e. The van der Waals surface area contributed by atoms with Crippen LogP contribution in [0.3, 0.4) is 0 Å². The predicted molar refractivity (Wildman–Crippen MR) is 126 cm³/mol. The largest absolute Gasteiger partial charge is 0.503 e.